The molecule has 1 heterocycles. The van der Waals surface area contributed by atoms with E-state index < -0.39 is 0 Å². The number of aromatic nitrogens is 2. The summed E-state index contributed by atoms with van der Waals surface area (Å²) in [6.07, 6.45) is 0.845. The molecule has 0 saturated heterocycles. The van der Waals surface area contributed by atoms with Crippen molar-refractivity contribution in [2.75, 3.05) is 11.9 Å². The monoisotopic (exact) mass is 380 g/mol. The predicted molar refractivity (Wildman–Crippen MR) is 108 cm³/mol. The highest BCUT2D eigenvalue weighted by Gasteiger charge is 2.08. The third-order valence-electron chi connectivity index (χ3n) is 4.10. The Morgan fingerprint density at radius 1 is 0.926 bits per heavy atom. The van der Waals surface area contributed by atoms with Crippen LogP contribution in [-0.4, -0.2) is 22.6 Å². The van der Waals surface area contributed by atoms with Crippen molar-refractivity contribution in [3.63, 3.8) is 0 Å². The van der Waals surface area contributed by atoms with Crippen LogP contribution in [0.2, 0.25) is 5.02 Å². The Bertz CT molecular complexity index is 878. The van der Waals surface area contributed by atoms with E-state index in [0.29, 0.717) is 18.1 Å². The molecule has 0 bridgehead atoms. The van der Waals surface area contributed by atoms with E-state index in [1.807, 2.05) is 55.5 Å². The molecule has 3 rings (SSSR count). The molecule has 3 aromatic rings. The Hall–Kier alpha value is -2.92. The Kier molecular flexibility index (Phi) is 6.39. The molecule has 27 heavy (non-hydrogen) atoms. The molecular formula is C21H21ClN4O. The lowest BCUT2D eigenvalue weighted by Gasteiger charge is -2.07. The normalized spacial score (nSPS) is 10.4. The van der Waals surface area contributed by atoms with E-state index in [1.165, 1.54) is 11.1 Å². The molecular weight excluding hydrogens is 360 g/mol. The molecule has 5 nitrogen and oxygen atoms in total. The number of carbonyl (C=O) groups excluding carboxylic acids is 1. The second-order valence-corrected chi connectivity index (χ2v) is 6.71. The van der Waals surface area contributed by atoms with Crippen molar-refractivity contribution in [1.82, 2.24) is 15.5 Å². The summed E-state index contributed by atoms with van der Waals surface area (Å²) in [4.78, 5) is 12.2. The van der Waals surface area contributed by atoms with E-state index in [-0.39, 0.29) is 5.91 Å². The molecule has 1 amide bonds. The smallest absolute Gasteiger partial charge is 0.272 e. The summed E-state index contributed by atoms with van der Waals surface area (Å²) in [6.45, 7) is 3.21. The van der Waals surface area contributed by atoms with Crippen LogP contribution in [0.5, 0.6) is 0 Å². The van der Waals surface area contributed by atoms with Crippen LogP contribution < -0.4 is 10.6 Å². The van der Waals surface area contributed by atoms with Gasteiger partial charge in [0.1, 0.15) is 5.82 Å². The zero-order valence-corrected chi connectivity index (χ0v) is 15.8. The Balaban J connectivity index is 1.46. The summed E-state index contributed by atoms with van der Waals surface area (Å²) in [7, 11) is 0. The van der Waals surface area contributed by atoms with E-state index in [2.05, 4.69) is 20.8 Å². The van der Waals surface area contributed by atoms with Gasteiger partial charge in [-0.05, 0) is 48.7 Å². The lowest BCUT2D eigenvalue weighted by molar-refractivity contribution is 0.0945. The second kappa shape index (κ2) is 9.14. The molecule has 0 saturated carbocycles. The maximum absolute atomic E-state index is 12.2. The quantitative estimate of drug-likeness (QED) is 0.649. The van der Waals surface area contributed by atoms with Gasteiger partial charge in [0, 0.05) is 18.1 Å². The lowest BCUT2D eigenvalue weighted by atomic mass is 10.1. The minimum Gasteiger partial charge on any atom is -0.368 e. The lowest BCUT2D eigenvalue weighted by Crippen LogP contribution is -2.24. The molecule has 2 aromatic carbocycles. The molecule has 0 aliphatic heterocycles. The first-order valence-corrected chi connectivity index (χ1v) is 9.14. The van der Waals surface area contributed by atoms with Gasteiger partial charge < -0.3 is 10.6 Å². The summed E-state index contributed by atoms with van der Waals surface area (Å²) in [5.41, 5.74) is 3.72. The van der Waals surface area contributed by atoms with Crippen molar-refractivity contribution in [2.24, 2.45) is 0 Å². The fraction of sp³-hybridized carbons (Fsp3) is 0.190. The highest BCUT2D eigenvalue weighted by Crippen LogP contribution is 2.10. The van der Waals surface area contributed by atoms with Crippen LogP contribution in [0, 0.1) is 6.92 Å². The molecule has 1 aromatic heterocycles. The van der Waals surface area contributed by atoms with Crippen LogP contribution in [0.25, 0.3) is 0 Å². The van der Waals surface area contributed by atoms with Crippen LogP contribution >= 0.6 is 11.6 Å². The third kappa shape index (κ3) is 5.79. The topological polar surface area (TPSA) is 66.9 Å². The molecule has 0 fully saturated rings. The molecule has 0 unspecified atom stereocenters. The summed E-state index contributed by atoms with van der Waals surface area (Å²) in [5.74, 6) is 0.398. The summed E-state index contributed by atoms with van der Waals surface area (Å²) >= 11 is 5.88. The average molecular weight is 381 g/mol. The Morgan fingerprint density at radius 3 is 2.30 bits per heavy atom. The Labute approximate surface area is 163 Å². The van der Waals surface area contributed by atoms with E-state index in [9.17, 15) is 4.79 Å². The van der Waals surface area contributed by atoms with Gasteiger partial charge in [-0.3, -0.25) is 4.79 Å². The van der Waals surface area contributed by atoms with E-state index in [0.717, 1.165) is 23.6 Å². The zero-order valence-electron chi connectivity index (χ0n) is 15.1. The van der Waals surface area contributed by atoms with Crippen molar-refractivity contribution in [3.8, 4) is 0 Å². The van der Waals surface area contributed by atoms with Gasteiger partial charge >= 0.3 is 0 Å². The molecule has 6 heteroatoms. The van der Waals surface area contributed by atoms with Gasteiger partial charge in [-0.2, -0.15) is 0 Å². The number of aryl methyl sites for hydroxylation is 1. The molecule has 0 aliphatic rings. The van der Waals surface area contributed by atoms with Crippen molar-refractivity contribution in [2.45, 2.75) is 19.9 Å². The van der Waals surface area contributed by atoms with Crippen LogP contribution in [0.4, 0.5) is 5.82 Å². The first-order chi connectivity index (χ1) is 13.1. The second-order valence-electron chi connectivity index (χ2n) is 6.28. The molecule has 138 valence electrons. The summed E-state index contributed by atoms with van der Waals surface area (Å²) < 4.78 is 0. The van der Waals surface area contributed by atoms with Crippen molar-refractivity contribution >= 4 is 23.3 Å². The van der Waals surface area contributed by atoms with Gasteiger partial charge in [0.05, 0.1) is 0 Å². The fourth-order valence-corrected chi connectivity index (χ4v) is 2.64. The molecule has 0 aliphatic carbocycles. The van der Waals surface area contributed by atoms with Gasteiger partial charge in [0.15, 0.2) is 5.69 Å². The number of benzene rings is 2. The van der Waals surface area contributed by atoms with Gasteiger partial charge in [-0.25, -0.2) is 0 Å². The SMILES string of the molecule is Cc1ccc(CNC(=O)c2ccc(NCCc3ccc(Cl)cc3)nn2)cc1. The minimum absolute atomic E-state index is 0.240. The van der Waals surface area contributed by atoms with Crippen LogP contribution in [0.15, 0.2) is 60.7 Å². The number of rotatable bonds is 7. The first-order valence-electron chi connectivity index (χ1n) is 8.76. The molecule has 2 N–H and O–H groups in total. The van der Waals surface area contributed by atoms with Crippen molar-refractivity contribution in [3.05, 3.63) is 88.1 Å². The molecule has 0 radical (unpaired) electrons. The minimum atomic E-state index is -0.240. The van der Waals surface area contributed by atoms with Gasteiger partial charge in [-0.1, -0.05) is 53.6 Å². The number of nitrogens with zero attached hydrogens (tertiary/aromatic N) is 2. The largest absolute Gasteiger partial charge is 0.368 e. The summed E-state index contributed by atoms with van der Waals surface area (Å²) in [6, 6.07) is 19.2. The number of anilines is 1. The van der Waals surface area contributed by atoms with Gasteiger partial charge in [0.25, 0.3) is 5.91 Å². The Morgan fingerprint density at radius 2 is 1.63 bits per heavy atom. The number of hydrogen-bond donors (Lipinski definition) is 2. The highest BCUT2D eigenvalue weighted by atomic mass is 35.5. The maximum atomic E-state index is 12.2. The predicted octanol–water partition coefficient (Wildman–Crippen LogP) is 4.02. The van der Waals surface area contributed by atoms with E-state index in [4.69, 9.17) is 11.6 Å². The van der Waals surface area contributed by atoms with Gasteiger partial charge in [-0.15, -0.1) is 10.2 Å². The number of halogens is 1. The van der Waals surface area contributed by atoms with Crippen LogP contribution in [0.3, 0.4) is 0 Å². The van der Waals surface area contributed by atoms with Crippen LogP contribution in [-0.2, 0) is 13.0 Å². The zero-order chi connectivity index (χ0) is 19.1. The highest BCUT2D eigenvalue weighted by molar-refractivity contribution is 6.30. The van der Waals surface area contributed by atoms with Crippen LogP contribution in [0.1, 0.15) is 27.2 Å². The molecule has 0 spiro atoms. The number of hydrogen-bond acceptors (Lipinski definition) is 4. The van der Waals surface area contributed by atoms with Crippen molar-refractivity contribution in [1.29, 1.82) is 0 Å². The fourth-order valence-electron chi connectivity index (χ4n) is 2.51. The average Bonchev–Trinajstić information content (AvgIpc) is 2.69. The van der Waals surface area contributed by atoms with E-state index >= 15 is 0 Å². The number of nitrogens with one attached hydrogen (secondary N) is 2. The van der Waals surface area contributed by atoms with Crippen molar-refractivity contribution < 1.29 is 4.79 Å². The van der Waals surface area contributed by atoms with E-state index in [1.54, 1.807) is 12.1 Å². The summed E-state index contributed by atoms with van der Waals surface area (Å²) in [5, 5.41) is 14.8. The van der Waals surface area contributed by atoms with Gasteiger partial charge in [0.2, 0.25) is 0 Å². The number of amides is 1. The number of carbonyl (C=O) groups is 1. The first kappa shape index (κ1) is 18.9. The standard InChI is InChI=1S/C21H21ClN4O/c1-15-2-4-17(5-3-15)14-24-21(27)19-10-11-20(26-25-19)23-13-12-16-6-8-18(22)9-7-16/h2-11H,12-14H2,1H3,(H,23,26)(H,24,27). The maximum Gasteiger partial charge on any atom is 0.272 e. The third-order valence-corrected chi connectivity index (χ3v) is 4.36. The molecule has 0 atom stereocenters.